The van der Waals surface area contributed by atoms with Crippen molar-refractivity contribution in [3.63, 3.8) is 0 Å². The molecular weight excluding hydrogens is 550 g/mol. The Kier molecular flexibility index (Phi) is 7.58. The molecule has 0 N–H and O–H groups in total. The van der Waals surface area contributed by atoms with Crippen molar-refractivity contribution in [2.45, 2.75) is 19.9 Å². The minimum Gasteiger partial charge on any atom is -0.497 e. The van der Waals surface area contributed by atoms with E-state index in [1.165, 1.54) is 17.7 Å². The predicted octanol–water partition coefficient (Wildman–Crippen LogP) is 3.98. The number of rotatable bonds is 8. The molecule has 0 saturated carbocycles. The number of hydrogen-bond acceptors (Lipinski definition) is 10. The smallest absolute Gasteiger partial charge is 0.338 e. The summed E-state index contributed by atoms with van der Waals surface area (Å²) >= 11 is 1.14. The molecule has 1 unspecified atom stereocenters. The van der Waals surface area contributed by atoms with E-state index in [4.69, 9.17) is 18.6 Å². The zero-order valence-electron chi connectivity index (χ0n) is 22.6. The first-order valence-electron chi connectivity index (χ1n) is 12.5. The van der Waals surface area contributed by atoms with Crippen molar-refractivity contribution >= 4 is 29.1 Å². The maximum Gasteiger partial charge on any atom is 0.338 e. The van der Waals surface area contributed by atoms with E-state index in [1.54, 1.807) is 75.6 Å². The van der Waals surface area contributed by atoms with Gasteiger partial charge in [-0.3, -0.25) is 19.5 Å². The lowest BCUT2D eigenvalue weighted by Gasteiger charge is -2.24. The van der Waals surface area contributed by atoms with Gasteiger partial charge in [0.15, 0.2) is 4.80 Å². The molecule has 1 aliphatic heterocycles. The fourth-order valence-corrected chi connectivity index (χ4v) is 5.62. The highest BCUT2D eigenvalue weighted by Gasteiger charge is 2.33. The predicted molar refractivity (Wildman–Crippen MR) is 151 cm³/mol. The van der Waals surface area contributed by atoms with Gasteiger partial charge in [0.25, 0.3) is 11.2 Å². The molecule has 41 heavy (non-hydrogen) atoms. The molecule has 0 aliphatic carbocycles. The topological polar surface area (TPSA) is 135 Å². The number of carbonyl (C=O) groups is 1. The number of aromatic nitrogens is 1. The van der Waals surface area contributed by atoms with Crippen molar-refractivity contribution in [2.24, 2.45) is 4.99 Å². The van der Waals surface area contributed by atoms with Crippen LogP contribution in [0.4, 0.5) is 5.69 Å². The molecule has 0 fully saturated rings. The minimum absolute atomic E-state index is 0.169. The normalized spacial score (nSPS) is 14.8. The van der Waals surface area contributed by atoms with Crippen LogP contribution in [0.25, 0.3) is 17.4 Å². The van der Waals surface area contributed by atoms with Crippen molar-refractivity contribution in [3.8, 4) is 22.8 Å². The molecule has 0 bridgehead atoms. The molecule has 3 heterocycles. The molecule has 1 aliphatic rings. The van der Waals surface area contributed by atoms with Gasteiger partial charge in [-0.15, -0.1) is 0 Å². The third kappa shape index (κ3) is 5.16. The SMILES string of the molecule is CCOC(=O)C1=C(C)N=c2sc(=Cc3ccc(-c4ccc(OC)cc4[N+](=O)[O-])o3)c(=O)n2C1c1ccc(OC)cc1. The third-order valence-corrected chi connectivity index (χ3v) is 7.50. The lowest BCUT2D eigenvalue weighted by Crippen LogP contribution is -2.39. The number of thiazole rings is 1. The Morgan fingerprint density at radius 3 is 2.49 bits per heavy atom. The van der Waals surface area contributed by atoms with E-state index in [0.717, 1.165) is 11.3 Å². The number of methoxy groups -OCH3 is 2. The second-order valence-corrected chi connectivity index (χ2v) is 9.93. The molecule has 2 aromatic heterocycles. The molecule has 4 aromatic rings. The first-order valence-corrected chi connectivity index (χ1v) is 13.3. The average Bonchev–Trinajstić information content (AvgIpc) is 3.56. The molecule has 0 amide bonds. The highest BCUT2D eigenvalue weighted by atomic mass is 32.1. The summed E-state index contributed by atoms with van der Waals surface area (Å²) in [6.07, 6.45) is 1.55. The van der Waals surface area contributed by atoms with Crippen LogP contribution >= 0.6 is 11.3 Å². The van der Waals surface area contributed by atoms with Crippen LogP contribution in [0.15, 0.2) is 80.1 Å². The standard InChI is InChI=1S/C29H25N3O8S/c1-5-39-28(34)25-16(2)30-29-31(26(25)17-6-8-18(37-3)9-7-17)27(33)24(41-29)15-20-11-13-23(40-20)21-12-10-19(38-4)14-22(21)32(35)36/h6-15,26H,5H2,1-4H3. The maximum absolute atomic E-state index is 13.8. The number of benzene rings is 2. The van der Waals surface area contributed by atoms with E-state index >= 15 is 0 Å². The average molecular weight is 576 g/mol. The number of carbonyl (C=O) groups excluding carboxylic acids is 1. The number of nitrogens with zero attached hydrogens (tertiary/aromatic N) is 3. The van der Waals surface area contributed by atoms with Gasteiger partial charge in [-0.05, 0) is 55.8 Å². The first-order chi connectivity index (χ1) is 19.7. The molecule has 11 nitrogen and oxygen atoms in total. The van der Waals surface area contributed by atoms with E-state index in [0.29, 0.717) is 37.9 Å². The number of furan rings is 1. The van der Waals surface area contributed by atoms with E-state index in [-0.39, 0.29) is 34.8 Å². The summed E-state index contributed by atoms with van der Waals surface area (Å²) in [4.78, 5) is 42.9. The zero-order valence-corrected chi connectivity index (χ0v) is 23.4. The van der Waals surface area contributed by atoms with Gasteiger partial charge in [0.2, 0.25) is 0 Å². The van der Waals surface area contributed by atoms with Gasteiger partial charge < -0.3 is 18.6 Å². The lowest BCUT2D eigenvalue weighted by atomic mass is 9.96. The fourth-order valence-electron chi connectivity index (χ4n) is 4.60. The monoisotopic (exact) mass is 575 g/mol. The summed E-state index contributed by atoms with van der Waals surface area (Å²) in [6, 6.07) is 14.0. The highest BCUT2D eigenvalue weighted by molar-refractivity contribution is 7.07. The Bertz CT molecular complexity index is 1860. The molecular formula is C29H25N3O8S. The van der Waals surface area contributed by atoms with Crippen LogP contribution in [0.1, 0.15) is 31.2 Å². The fraction of sp³-hybridized carbons (Fsp3) is 0.207. The van der Waals surface area contributed by atoms with E-state index in [1.807, 2.05) is 0 Å². The van der Waals surface area contributed by atoms with Crippen LogP contribution in [-0.2, 0) is 9.53 Å². The van der Waals surface area contributed by atoms with Gasteiger partial charge in [-0.2, -0.15) is 0 Å². The van der Waals surface area contributed by atoms with Gasteiger partial charge in [-0.1, -0.05) is 23.5 Å². The van der Waals surface area contributed by atoms with Crippen LogP contribution in [-0.4, -0.2) is 36.3 Å². The molecule has 2 aromatic carbocycles. The summed E-state index contributed by atoms with van der Waals surface area (Å²) in [5, 5.41) is 11.6. The molecule has 5 rings (SSSR count). The summed E-state index contributed by atoms with van der Waals surface area (Å²) in [5.41, 5.74) is 1.12. The number of esters is 1. The summed E-state index contributed by atoms with van der Waals surface area (Å²) in [6.45, 7) is 3.59. The number of allylic oxidation sites excluding steroid dienone is 1. The largest absolute Gasteiger partial charge is 0.497 e. The number of nitro benzene ring substituents is 1. The van der Waals surface area contributed by atoms with E-state index in [2.05, 4.69) is 4.99 Å². The van der Waals surface area contributed by atoms with Crippen molar-refractivity contribution in [3.05, 3.63) is 107 Å². The quantitative estimate of drug-likeness (QED) is 0.175. The van der Waals surface area contributed by atoms with Gasteiger partial charge in [0.05, 0.1) is 59.2 Å². The van der Waals surface area contributed by atoms with Crippen molar-refractivity contribution in [1.29, 1.82) is 0 Å². The number of hydrogen-bond donors (Lipinski definition) is 0. The van der Waals surface area contributed by atoms with Gasteiger partial charge in [-0.25, -0.2) is 9.79 Å². The molecule has 0 spiro atoms. The second-order valence-electron chi connectivity index (χ2n) is 8.92. The van der Waals surface area contributed by atoms with E-state index < -0.39 is 16.9 Å². The Morgan fingerprint density at radius 2 is 1.83 bits per heavy atom. The van der Waals surface area contributed by atoms with Crippen LogP contribution in [0.3, 0.4) is 0 Å². The molecule has 0 radical (unpaired) electrons. The molecule has 1 atom stereocenters. The van der Waals surface area contributed by atoms with Crippen molar-refractivity contribution in [1.82, 2.24) is 4.57 Å². The molecule has 210 valence electrons. The Balaban J connectivity index is 1.62. The maximum atomic E-state index is 13.8. The Hall–Kier alpha value is -4.97. The molecule has 0 saturated heterocycles. The number of fused-ring (bicyclic) bond motifs is 1. The number of nitro groups is 1. The van der Waals surface area contributed by atoms with Crippen LogP contribution in [0, 0.1) is 10.1 Å². The first kappa shape index (κ1) is 27.6. The van der Waals surface area contributed by atoms with Gasteiger partial charge in [0.1, 0.15) is 23.0 Å². The van der Waals surface area contributed by atoms with Crippen molar-refractivity contribution in [2.75, 3.05) is 20.8 Å². The van der Waals surface area contributed by atoms with Crippen LogP contribution in [0.5, 0.6) is 11.5 Å². The summed E-state index contributed by atoms with van der Waals surface area (Å²) < 4.78 is 23.4. The summed E-state index contributed by atoms with van der Waals surface area (Å²) in [5.74, 6) is 0.996. The minimum atomic E-state index is -0.771. The van der Waals surface area contributed by atoms with Crippen molar-refractivity contribution < 1.29 is 28.3 Å². The Morgan fingerprint density at radius 1 is 1.12 bits per heavy atom. The lowest BCUT2D eigenvalue weighted by molar-refractivity contribution is -0.384. The van der Waals surface area contributed by atoms with E-state index in [9.17, 15) is 19.7 Å². The summed E-state index contributed by atoms with van der Waals surface area (Å²) in [7, 11) is 2.98. The van der Waals surface area contributed by atoms with Gasteiger partial charge in [0, 0.05) is 6.08 Å². The van der Waals surface area contributed by atoms with Crippen LogP contribution < -0.4 is 24.4 Å². The third-order valence-electron chi connectivity index (χ3n) is 6.52. The highest BCUT2D eigenvalue weighted by Crippen LogP contribution is 2.35. The van der Waals surface area contributed by atoms with Crippen LogP contribution in [0.2, 0.25) is 0 Å². The molecule has 12 heteroatoms. The van der Waals surface area contributed by atoms with Gasteiger partial charge >= 0.3 is 5.97 Å². The number of ether oxygens (including phenoxy) is 3. The Labute approximate surface area is 237 Å². The second kappa shape index (κ2) is 11.3. The zero-order chi connectivity index (χ0) is 29.3.